The molecule has 1 aliphatic heterocycles. The second-order valence-corrected chi connectivity index (χ2v) is 5.71. The normalized spacial score (nSPS) is 22.2. The van der Waals surface area contributed by atoms with Crippen LogP contribution in [0.5, 0.6) is 0 Å². The van der Waals surface area contributed by atoms with E-state index in [-0.39, 0.29) is 24.3 Å². The molecule has 1 fully saturated rings. The number of benzene rings is 1. The summed E-state index contributed by atoms with van der Waals surface area (Å²) in [6.45, 7) is 5.34. The van der Waals surface area contributed by atoms with E-state index in [4.69, 9.17) is 5.11 Å². The van der Waals surface area contributed by atoms with Crippen LogP contribution in [0.1, 0.15) is 19.4 Å². The minimum Gasteiger partial charge on any atom is -0.481 e. The molecule has 2 unspecified atom stereocenters. The highest BCUT2D eigenvalue weighted by molar-refractivity contribution is 5.92. The van der Waals surface area contributed by atoms with Gasteiger partial charge in [-0.25, -0.2) is 0 Å². The van der Waals surface area contributed by atoms with Crippen molar-refractivity contribution in [1.82, 2.24) is 4.90 Å². The van der Waals surface area contributed by atoms with Gasteiger partial charge < -0.3 is 10.4 Å². The maximum atomic E-state index is 12.0. The van der Waals surface area contributed by atoms with Gasteiger partial charge in [0.1, 0.15) is 0 Å². The zero-order valence-electron chi connectivity index (χ0n) is 12.5. The molecule has 5 nitrogen and oxygen atoms in total. The van der Waals surface area contributed by atoms with Gasteiger partial charge in [0, 0.05) is 18.8 Å². The number of carboxylic acid groups (broad SMARTS) is 1. The van der Waals surface area contributed by atoms with E-state index in [1.807, 2.05) is 36.1 Å². The first kappa shape index (κ1) is 15.5. The number of carbonyl (C=O) groups is 2. The summed E-state index contributed by atoms with van der Waals surface area (Å²) in [6, 6.07) is 7.77. The fourth-order valence-corrected chi connectivity index (χ4v) is 2.75. The summed E-state index contributed by atoms with van der Waals surface area (Å²) >= 11 is 0. The highest BCUT2D eigenvalue weighted by Gasteiger charge is 2.35. The average molecular weight is 290 g/mol. The lowest BCUT2D eigenvalue weighted by Crippen LogP contribution is -2.32. The van der Waals surface area contributed by atoms with Crippen LogP contribution in [0.15, 0.2) is 24.3 Å². The average Bonchev–Trinajstić information content (AvgIpc) is 2.80. The summed E-state index contributed by atoms with van der Waals surface area (Å²) < 4.78 is 0. The van der Waals surface area contributed by atoms with Crippen molar-refractivity contribution in [2.45, 2.75) is 20.3 Å². The van der Waals surface area contributed by atoms with Crippen LogP contribution in [0.25, 0.3) is 0 Å². The lowest BCUT2D eigenvalue weighted by Gasteiger charge is -2.15. The molecule has 1 aromatic rings. The molecule has 2 rings (SSSR count). The molecular formula is C16H22N2O3. The number of anilines is 1. The second-order valence-electron chi connectivity index (χ2n) is 5.71. The van der Waals surface area contributed by atoms with Crippen molar-refractivity contribution >= 4 is 17.6 Å². The molecule has 2 atom stereocenters. The van der Waals surface area contributed by atoms with Crippen LogP contribution >= 0.6 is 0 Å². The number of likely N-dealkylation sites (tertiary alicyclic amines) is 1. The summed E-state index contributed by atoms with van der Waals surface area (Å²) in [6.07, 6.45) is 0.969. The predicted octanol–water partition coefficient (Wildman–Crippen LogP) is 1.84. The number of rotatable bonds is 5. The van der Waals surface area contributed by atoms with Crippen LogP contribution in [0, 0.1) is 11.8 Å². The van der Waals surface area contributed by atoms with Crippen molar-refractivity contribution in [1.29, 1.82) is 0 Å². The second kappa shape index (κ2) is 6.72. The summed E-state index contributed by atoms with van der Waals surface area (Å²) in [5.74, 6) is -1.17. The molecule has 1 aliphatic rings. The van der Waals surface area contributed by atoms with Gasteiger partial charge in [-0.15, -0.1) is 0 Å². The van der Waals surface area contributed by atoms with Crippen LogP contribution in [0.2, 0.25) is 0 Å². The van der Waals surface area contributed by atoms with Gasteiger partial charge in [-0.05, 0) is 30.0 Å². The molecule has 114 valence electrons. The van der Waals surface area contributed by atoms with Crippen LogP contribution in [-0.4, -0.2) is 41.5 Å². The maximum Gasteiger partial charge on any atom is 0.308 e. The summed E-state index contributed by atoms with van der Waals surface area (Å²) in [5, 5.41) is 11.9. The number of aliphatic carboxylic acids is 1. The third-order valence-electron chi connectivity index (χ3n) is 4.02. The lowest BCUT2D eigenvalue weighted by atomic mass is 9.99. The molecule has 5 heteroatoms. The van der Waals surface area contributed by atoms with Gasteiger partial charge in [-0.2, -0.15) is 0 Å². The number of hydrogen-bond acceptors (Lipinski definition) is 3. The van der Waals surface area contributed by atoms with Gasteiger partial charge in [0.15, 0.2) is 0 Å². The Morgan fingerprint density at radius 3 is 2.48 bits per heavy atom. The summed E-state index contributed by atoms with van der Waals surface area (Å²) in [4.78, 5) is 25.0. The Morgan fingerprint density at radius 1 is 1.29 bits per heavy atom. The largest absolute Gasteiger partial charge is 0.481 e. The molecule has 0 aromatic heterocycles. The molecule has 1 amide bonds. The van der Waals surface area contributed by atoms with Crippen LogP contribution in [0.3, 0.4) is 0 Å². The topological polar surface area (TPSA) is 69.6 Å². The van der Waals surface area contributed by atoms with Crippen molar-refractivity contribution in [3.63, 3.8) is 0 Å². The molecule has 21 heavy (non-hydrogen) atoms. The van der Waals surface area contributed by atoms with Crippen molar-refractivity contribution in [3.8, 4) is 0 Å². The molecule has 0 radical (unpaired) electrons. The van der Waals surface area contributed by atoms with Gasteiger partial charge in [0.2, 0.25) is 5.91 Å². The van der Waals surface area contributed by atoms with Crippen molar-refractivity contribution in [2.75, 3.05) is 25.0 Å². The summed E-state index contributed by atoms with van der Waals surface area (Å²) in [5.41, 5.74) is 2.00. The molecule has 0 aliphatic carbocycles. The number of aryl methyl sites for hydroxylation is 1. The molecule has 1 heterocycles. The zero-order chi connectivity index (χ0) is 15.4. The quantitative estimate of drug-likeness (QED) is 0.868. The highest BCUT2D eigenvalue weighted by atomic mass is 16.4. The zero-order valence-corrected chi connectivity index (χ0v) is 12.5. The van der Waals surface area contributed by atoms with E-state index < -0.39 is 5.97 Å². The molecular weight excluding hydrogens is 268 g/mol. The SMILES string of the molecule is CCc1ccc(NC(=O)CN2CC(C)C(C(=O)O)C2)cc1. The Kier molecular flexibility index (Phi) is 4.96. The van der Waals surface area contributed by atoms with E-state index in [0.29, 0.717) is 13.1 Å². The van der Waals surface area contributed by atoms with Gasteiger partial charge in [-0.3, -0.25) is 14.5 Å². The number of carboxylic acids is 1. The Hall–Kier alpha value is -1.88. The minimum atomic E-state index is -0.777. The number of hydrogen-bond donors (Lipinski definition) is 2. The van der Waals surface area contributed by atoms with Crippen LogP contribution < -0.4 is 5.32 Å². The fourth-order valence-electron chi connectivity index (χ4n) is 2.75. The number of nitrogens with one attached hydrogen (secondary N) is 1. The molecule has 0 saturated carbocycles. The van der Waals surface area contributed by atoms with E-state index in [0.717, 1.165) is 12.1 Å². The smallest absolute Gasteiger partial charge is 0.308 e. The lowest BCUT2D eigenvalue weighted by molar-refractivity contribution is -0.142. The summed E-state index contributed by atoms with van der Waals surface area (Å²) in [7, 11) is 0. The highest BCUT2D eigenvalue weighted by Crippen LogP contribution is 2.22. The first-order chi connectivity index (χ1) is 9.99. The van der Waals surface area contributed by atoms with Gasteiger partial charge in [0.25, 0.3) is 0 Å². The third kappa shape index (κ3) is 4.04. The van der Waals surface area contributed by atoms with Gasteiger partial charge in [0.05, 0.1) is 12.5 Å². The number of amides is 1. The standard InChI is InChI=1S/C16H22N2O3/c1-3-12-4-6-13(7-5-12)17-15(19)10-18-8-11(2)14(9-18)16(20)21/h4-7,11,14H,3,8-10H2,1-2H3,(H,17,19)(H,20,21). The molecule has 0 spiro atoms. The van der Waals surface area contributed by atoms with Crippen LogP contribution in [-0.2, 0) is 16.0 Å². The van der Waals surface area contributed by atoms with E-state index in [1.54, 1.807) is 0 Å². The molecule has 0 bridgehead atoms. The Balaban J connectivity index is 1.86. The molecule has 1 saturated heterocycles. The Labute approximate surface area is 125 Å². The number of carbonyl (C=O) groups excluding carboxylic acids is 1. The minimum absolute atomic E-state index is 0.0825. The van der Waals surface area contributed by atoms with Crippen molar-refractivity contribution in [3.05, 3.63) is 29.8 Å². The van der Waals surface area contributed by atoms with E-state index in [1.165, 1.54) is 5.56 Å². The molecule has 1 aromatic carbocycles. The van der Waals surface area contributed by atoms with E-state index in [9.17, 15) is 9.59 Å². The number of nitrogens with zero attached hydrogens (tertiary/aromatic N) is 1. The molecule has 2 N–H and O–H groups in total. The van der Waals surface area contributed by atoms with E-state index in [2.05, 4.69) is 12.2 Å². The van der Waals surface area contributed by atoms with Crippen molar-refractivity contribution < 1.29 is 14.7 Å². The van der Waals surface area contributed by atoms with Gasteiger partial charge >= 0.3 is 5.97 Å². The first-order valence-corrected chi connectivity index (χ1v) is 7.33. The first-order valence-electron chi connectivity index (χ1n) is 7.33. The van der Waals surface area contributed by atoms with Crippen LogP contribution in [0.4, 0.5) is 5.69 Å². The maximum absolute atomic E-state index is 12.0. The van der Waals surface area contributed by atoms with E-state index >= 15 is 0 Å². The Morgan fingerprint density at radius 2 is 1.95 bits per heavy atom. The monoisotopic (exact) mass is 290 g/mol. The Bertz CT molecular complexity index is 513. The van der Waals surface area contributed by atoms with Gasteiger partial charge in [-0.1, -0.05) is 26.0 Å². The third-order valence-corrected chi connectivity index (χ3v) is 4.02. The fraction of sp³-hybridized carbons (Fsp3) is 0.500. The van der Waals surface area contributed by atoms with Crippen molar-refractivity contribution in [2.24, 2.45) is 11.8 Å². The predicted molar refractivity (Wildman–Crippen MR) is 81.2 cm³/mol.